The fourth-order valence-electron chi connectivity index (χ4n) is 1.73. The van der Waals surface area contributed by atoms with Gasteiger partial charge in [-0.2, -0.15) is 0 Å². The Bertz CT molecular complexity index is 391. The lowest BCUT2D eigenvalue weighted by Gasteiger charge is -2.18. The number of hydrogen-bond acceptors (Lipinski definition) is 2. The van der Waals surface area contributed by atoms with Gasteiger partial charge in [-0.05, 0) is 38.8 Å². The van der Waals surface area contributed by atoms with Crippen LogP contribution in [0.15, 0.2) is 18.2 Å². The van der Waals surface area contributed by atoms with Gasteiger partial charge in [0, 0.05) is 0 Å². The summed E-state index contributed by atoms with van der Waals surface area (Å²) in [5.41, 5.74) is 9.07. The molecule has 1 amide bonds. The summed E-state index contributed by atoms with van der Waals surface area (Å²) in [6.07, 6.45) is 0. The number of amides is 1. The second-order valence-corrected chi connectivity index (χ2v) is 4.38. The maximum absolute atomic E-state index is 11.5. The quantitative estimate of drug-likeness (QED) is 0.872. The first-order valence-electron chi connectivity index (χ1n) is 5.55. The van der Waals surface area contributed by atoms with Gasteiger partial charge in [-0.1, -0.05) is 23.8 Å². The van der Waals surface area contributed by atoms with E-state index in [1.165, 1.54) is 11.1 Å². The molecule has 0 radical (unpaired) electrons. The lowest BCUT2D eigenvalue weighted by molar-refractivity contribution is -0.122. The van der Waals surface area contributed by atoms with Crippen molar-refractivity contribution in [2.45, 2.75) is 39.8 Å². The highest BCUT2D eigenvalue weighted by Crippen LogP contribution is 2.18. The van der Waals surface area contributed by atoms with Crippen LogP contribution in [-0.2, 0) is 4.79 Å². The Kier molecular flexibility index (Phi) is 6.21. The molecule has 1 aromatic rings. The van der Waals surface area contributed by atoms with Crippen LogP contribution in [0.25, 0.3) is 0 Å². The van der Waals surface area contributed by atoms with Crippen LogP contribution >= 0.6 is 12.4 Å². The van der Waals surface area contributed by atoms with Gasteiger partial charge in [0.1, 0.15) is 0 Å². The smallest absolute Gasteiger partial charge is 0.237 e. The Labute approximate surface area is 109 Å². The van der Waals surface area contributed by atoms with Gasteiger partial charge in [-0.3, -0.25) is 4.79 Å². The molecule has 0 aromatic heterocycles. The van der Waals surface area contributed by atoms with Crippen LogP contribution in [0.2, 0.25) is 0 Å². The third kappa shape index (κ3) is 4.36. The molecule has 0 aliphatic heterocycles. The zero-order valence-electron chi connectivity index (χ0n) is 10.8. The zero-order chi connectivity index (χ0) is 12.3. The molecule has 0 fully saturated rings. The summed E-state index contributed by atoms with van der Waals surface area (Å²) in [5, 5.41) is 2.89. The summed E-state index contributed by atoms with van der Waals surface area (Å²) in [5.74, 6) is -0.118. The molecule has 17 heavy (non-hydrogen) atoms. The van der Waals surface area contributed by atoms with E-state index in [0.717, 1.165) is 5.56 Å². The van der Waals surface area contributed by atoms with Crippen molar-refractivity contribution in [1.82, 2.24) is 5.32 Å². The van der Waals surface area contributed by atoms with Crippen LogP contribution in [0.3, 0.4) is 0 Å². The summed E-state index contributed by atoms with van der Waals surface area (Å²) in [7, 11) is 0. The first-order valence-corrected chi connectivity index (χ1v) is 5.55. The summed E-state index contributed by atoms with van der Waals surface area (Å²) in [6, 6.07) is 5.75. The van der Waals surface area contributed by atoms with Crippen LogP contribution in [0, 0.1) is 13.8 Å². The van der Waals surface area contributed by atoms with Crippen LogP contribution < -0.4 is 11.1 Å². The van der Waals surface area contributed by atoms with Gasteiger partial charge in [0.15, 0.2) is 0 Å². The summed E-state index contributed by atoms with van der Waals surface area (Å²) in [4.78, 5) is 11.5. The van der Waals surface area contributed by atoms with Gasteiger partial charge < -0.3 is 11.1 Å². The normalized spacial score (nSPS) is 13.5. The molecule has 3 N–H and O–H groups in total. The molecule has 1 unspecified atom stereocenters. The minimum Gasteiger partial charge on any atom is -0.348 e. The van der Waals surface area contributed by atoms with Crippen molar-refractivity contribution in [1.29, 1.82) is 0 Å². The first kappa shape index (κ1) is 15.9. The number of nitrogens with one attached hydrogen (secondary N) is 1. The molecule has 0 saturated carbocycles. The number of carbonyl (C=O) groups is 1. The Balaban J connectivity index is 0.00000256. The van der Waals surface area contributed by atoms with Gasteiger partial charge in [0.05, 0.1) is 12.1 Å². The number of aryl methyl sites for hydroxylation is 2. The third-order valence-electron chi connectivity index (χ3n) is 2.66. The van der Waals surface area contributed by atoms with Gasteiger partial charge >= 0.3 is 0 Å². The van der Waals surface area contributed by atoms with Crippen molar-refractivity contribution in [3.8, 4) is 0 Å². The molecule has 0 spiro atoms. The number of carbonyl (C=O) groups excluding carboxylic acids is 1. The molecule has 96 valence electrons. The summed E-state index contributed by atoms with van der Waals surface area (Å²) >= 11 is 0. The molecule has 1 aromatic carbocycles. The highest BCUT2D eigenvalue weighted by atomic mass is 35.5. The van der Waals surface area contributed by atoms with Crippen molar-refractivity contribution in [3.63, 3.8) is 0 Å². The summed E-state index contributed by atoms with van der Waals surface area (Å²) in [6.45, 7) is 7.76. The summed E-state index contributed by atoms with van der Waals surface area (Å²) < 4.78 is 0. The molecule has 1 rings (SSSR count). The maximum atomic E-state index is 11.5. The second-order valence-electron chi connectivity index (χ2n) is 4.38. The highest BCUT2D eigenvalue weighted by Gasteiger charge is 2.13. The van der Waals surface area contributed by atoms with Crippen molar-refractivity contribution >= 4 is 18.3 Å². The Morgan fingerprint density at radius 3 is 2.35 bits per heavy atom. The minimum absolute atomic E-state index is 0. The van der Waals surface area contributed by atoms with E-state index in [0.29, 0.717) is 0 Å². The topological polar surface area (TPSA) is 55.1 Å². The van der Waals surface area contributed by atoms with E-state index in [1.807, 2.05) is 6.92 Å². The average Bonchev–Trinajstić information content (AvgIpc) is 2.16. The number of nitrogens with two attached hydrogens (primary N) is 1. The SMILES string of the molecule is Cc1ccc(C(C)NC(=O)[C@@H](C)N)c(C)c1.Cl. The van der Waals surface area contributed by atoms with E-state index >= 15 is 0 Å². The van der Waals surface area contributed by atoms with Crippen LogP contribution in [0.4, 0.5) is 0 Å². The van der Waals surface area contributed by atoms with Crippen molar-refractivity contribution in [2.75, 3.05) is 0 Å². The monoisotopic (exact) mass is 256 g/mol. The Morgan fingerprint density at radius 2 is 1.88 bits per heavy atom. The predicted molar refractivity (Wildman–Crippen MR) is 73.4 cm³/mol. The molecule has 0 heterocycles. The number of rotatable bonds is 3. The highest BCUT2D eigenvalue weighted by molar-refractivity contribution is 5.85. The third-order valence-corrected chi connectivity index (χ3v) is 2.66. The van der Waals surface area contributed by atoms with Crippen molar-refractivity contribution < 1.29 is 4.79 Å². The minimum atomic E-state index is -0.465. The van der Waals surface area contributed by atoms with Crippen molar-refractivity contribution in [3.05, 3.63) is 34.9 Å². The van der Waals surface area contributed by atoms with Crippen molar-refractivity contribution in [2.24, 2.45) is 5.73 Å². The molecule has 4 heteroatoms. The van der Waals surface area contributed by atoms with Gasteiger partial charge in [-0.25, -0.2) is 0 Å². The molecular weight excluding hydrogens is 236 g/mol. The Morgan fingerprint density at radius 1 is 1.29 bits per heavy atom. The zero-order valence-corrected chi connectivity index (χ0v) is 11.6. The second kappa shape index (κ2) is 6.62. The molecule has 0 aliphatic rings. The maximum Gasteiger partial charge on any atom is 0.237 e. The average molecular weight is 257 g/mol. The molecule has 0 aliphatic carbocycles. The van der Waals surface area contributed by atoms with E-state index in [9.17, 15) is 4.79 Å². The van der Waals surface area contributed by atoms with E-state index in [2.05, 4.69) is 37.4 Å². The Hall–Kier alpha value is -1.06. The first-order chi connectivity index (χ1) is 7.41. The van der Waals surface area contributed by atoms with E-state index in [-0.39, 0.29) is 24.4 Å². The number of benzene rings is 1. The number of halogens is 1. The van der Waals surface area contributed by atoms with E-state index < -0.39 is 6.04 Å². The largest absolute Gasteiger partial charge is 0.348 e. The van der Waals surface area contributed by atoms with E-state index in [1.54, 1.807) is 6.92 Å². The standard InChI is InChI=1S/C13H20N2O.ClH/c1-8-5-6-12(9(2)7-8)11(4)15-13(16)10(3)14;/h5-7,10-11H,14H2,1-4H3,(H,15,16);1H/t10-,11?;/m1./s1. The fraction of sp³-hybridized carbons (Fsp3) is 0.462. The number of hydrogen-bond donors (Lipinski definition) is 2. The lowest BCUT2D eigenvalue weighted by Crippen LogP contribution is -2.39. The van der Waals surface area contributed by atoms with E-state index in [4.69, 9.17) is 5.73 Å². The fourth-order valence-corrected chi connectivity index (χ4v) is 1.73. The lowest BCUT2D eigenvalue weighted by atomic mass is 10.00. The molecule has 0 saturated heterocycles. The van der Waals surface area contributed by atoms with Crippen LogP contribution in [0.5, 0.6) is 0 Å². The predicted octanol–water partition coefficient (Wildman–Crippen LogP) is 2.25. The van der Waals surface area contributed by atoms with Crippen LogP contribution in [-0.4, -0.2) is 11.9 Å². The van der Waals surface area contributed by atoms with Gasteiger partial charge in [0.25, 0.3) is 0 Å². The molecule has 2 atom stereocenters. The van der Waals surface area contributed by atoms with Crippen LogP contribution in [0.1, 0.15) is 36.6 Å². The molecule has 3 nitrogen and oxygen atoms in total. The molecular formula is C13H21ClN2O. The molecule has 0 bridgehead atoms. The van der Waals surface area contributed by atoms with Gasteiger partial charge in [0.2, 0.25) is 5.91 Å². The van der Waals surface area contributed by atoms with Gasteiger partial charge in [-0.15, -0.1) is 12.4 Å².